The van der Waals surface area contributed by atoms with Crippen molar-refractivity contribution >= 4 is 17.6 Å². The number of hydrogen-bond donors (Lipinski definition) is 1. The van der Waals surface area contributed by atoms with Crippen molar-refractivity contribution in [3.8, 4) is 6.07 Å². The average Bonchev–Trinajstić information content (AvgIpc) is 2.82. The molecule has 1 aliphatic carbocycles. The van der Waals surface area contributed by atoms with E-state index in [0.717, 1.165) is 37.1 Å². The summed E-state index contributed by atoms with van der Waals surface area (Å²) in [4.78, 5) is 17.1. The van der Waals surface area contributed by atoms with E-state index in [1.807, 2.05) is 47.4 Å². The highest BCUT2D eigenvalue weighted by Gasteiger charge is 2.29. The van der Waals surface area contributed by atoms with E-state index in [1.54, 1.807) is 0 Å². The van der Waals surface area contributed by atoms with Crippen LogP contribution >= 0.6 is 11.6 Å². The molecule has 0 bridgehead atoms. The second-order valence-electron chi connectivity index (χ2n) is 8.50. The molecule has 2 amide bonds. The Balaban J connectivity index is 1.47. The van der Waals surface area contributed by atoms with E-state index in [9.17, 15) is 10.1 Å². The first-order valence-electron chi connectivity index (χ1n) is 11.2. The number of nitriles is 1. The molecule has 31 heavy (non-hydrogen) atoms. The summed E-state index contributed by atoms with van der Waals surface area (Å²) >= 11 is 6.12. The zero-order valence-corrected chi connectivity index (χ0v) is 18.5. The van der Waals surface area contributed by atoms with Gasteiger partial charge in [-0.1, -0.05) is 55.1 Å². The van der Waals surface area contributed by atoms with E-state index in [1.165, 1.54) is 19.3 Å². The minimum Gasteiger partial charge on any atom is -0.335 e. The second kappa shape index (κ2) is 10.2. The number of amides is 2. The molecule has 0 aromatic heterocycles. The van der Waals surface area contributed by atoms with Crippen LogP contribution in [0.1, 0.15) is 54.8 Å². The predicted molar refractivity (Wildman–Crippen MR) is 123 cm³/mol. The molecular formula is C25H29ClN4O. The van der Waals surface area contributed by atoms with Crippen LogP contribution in [0.25, 0.3) is 0 Å². The first-order chi connectivity index (χ1) is 15.1. The van der Waals surface area contributed by atoms with Gasteiger partial charge in [-0.25, -0.2) is 4.79 Å². The lowest BCUT2D eigenvalue weighted by molar-refractivity contribution is 0.118. The minimum atomic E-state index is 0.0223. The molecule has 1 heterocycles. The maximum Gasteiger partial charge on any atom is 0.317 e. The van der Waals surface area contributed by atoms with E-state index >= 15 is 0 Å². The molecule has 1 saturated carbocycles. The highest BCUT2D eigenvalue weighted by Crippen LogP contribution is 2.31. The lowest BCUT2D eigenvalue weighted by atomic mass is 9.95. The summed E-state index contributed by atoms with van der Waals surface area (Å²) in [5, 5.41) is 13.3. The van der Waals surface area contributed by atoms with Crippen LogP contribution in [0.2, 0.25) is 5.02 Å². The molecule has 1 saturated heterocycles. The van der Waals surface area contributed by atoms with Crippen molar-refractivity contribution in [2.24, 2.45) is 0 Å². The first kappa shape index (κ1) is 21.7. The van der Waals surface area contributed by atoms with Crippen molar-refractivity contribution in [3.05, 3.63) is 70.2 Å². The molecule has 0 spiro atoms. The van der Waals surface area contributed by atoms with Gasteiger partial charge in [0, 0.05) is 37.2 Å². The summed E-state index contributed by atoms with van der Waals surface area (Å²) in [6.45, 7) is 2.95. The molecule has 2 aliphatic rings. The van der Waals surface area contributed by atoms with Crippen LogP contribution in [0, 0.1) is 11.3 Å². The Kier molecular flexibility index (Phi) is 7.11. The molecule has 5 nitrogen and oxygen atoms in total. The Morgan fingerprint density at radius 3 is 2.39 bits per heavy atom. The monoisotopic (exact) mass is 436 g/mol. The Labute approximate surface area is 189 Å². The number of urea groups is 1. The highest BCUT2D eigenvalue weighted by atomic mass is 35.5. The van der Waals surface area contributed by atoms with Gasteiger partial charge in [-0.3, -0.25) is 4.90 Å². The van der Waals surface area contributed by atoms with Crippen molar-refractivity contribution in [3.63, 3.8) is 0 Å². The third kappa shape index (κ3) is 5.39. The van der Waals surface area contributed by atoms with Gasteiger partial charge in [0.2, 0.25) is 0 Å². The van der Waals surface area contributed by atoms with Gasteiger partial charge in [0.25, 0.3) is 0 Å². The summed E-state index contributed by atoms with van der Waals surface area (Å²) in [6, 6.07) is 18.4. The van der Waals surface area contributed by atoms with Crippen LogP contribution in [0.4, 0.5) is 4.79 Å². The minimum absolute atomic E-state index is 0.0223. The molecule has 4 rings (SSSR count). The third-order valence-corrected chi connectivity index (χ3v) is 6.67. The van der Waals surface area contributed by atoms with Crippen molar-refractivity contribution in [1.29, 1.82) is 5.26 Å². The number of carbonyl (C=O) groups is 1. The van der Waals surface area contributed by atoms with Gasteiger partial charge in [0.1, 0.15) is 0 Å². The molecule has 1 atom stereocenters. The van der Waals surface area contributed by atoms with E-state index < -0.39 is 0 Å². The van der Waals surface area contributed by atoms with Crippen LogP contribution in [0.15, 0.2) is 48.5 Å². The Bertz CT molecular complexity index is 925. The summed E-state index contributed by atoms with van der Waals surface area (Å²) in [7, 11) is 0. The molecule has 2 aromatic rings. The van der Waals surface area contributed by atoms with Gasteiger partial charge in [-0.05, 0) is 48.2 Å². The van der Waals surface area contributed by atoms with Crippen LogP contribution in [0.5, 0.6) is 0 Å². The number of piperazine rings is 1. The summed E-state index contributed by atoms with van der Waals surface area (Å²) in [6.07, 6.45) is 5.90. The number of nitrogens with zero attached hydrogens (tertiary/aromatic N) is 3. The van der Waals surface area contributed by atoms with E-state index in [4.69, 9.17) is 11.6 Å². The zero-order chi connectivity index (χ0) is 21.6. The fourth-order valence-electron chi connectivity index (χ4n) is 4.73. The van der Waals surface area contributed by atoms with Gasteiger partial charge < -0.3 is 10.2 Å². The molecular weight excluding hydrogens is 408 g/mol. The standard InChI is InChI=1S/C25H29ClN4O/c26-22-11-9-20(10-12-22)24(21-6-4-5-19(17-21)18-27)29-13-15-30(16-14-29)25(31)28-23-7-2-1-3-8-23/h4-6,9-12,17,23-24H,1-3,7-8,13-16H2,(H,28,31). The largest absolute Gasteiger partial charge is 0.335 e. The highest BCUT2D eigenvalue weighted by molar-refractivity contribution is 6.30. The lowest BCUT2D eigenvalue weighted by Gasteiger charge is -2.40. The molecule has 2 fully saturated rings. The molecule has 1 N–H and O–H groups in total. The van der Waals surface area contributed by atoms with Crippen molar-refractivity contribution in [1.82, 2.24) is 15.1 Å². The molecule has 0 radical (unpaired) electrons. The zero-order valence-electron chi connectivity index (χ0n) is 17.8. The van der Waals surface area contributed by atoms with Gasteiger partial charge in [0.05, 0.1) is 17.7 Å². The quantitative estimate of drug-likeness (QED) is 0.736. The van der Waals surface area contributed by atoms with Crippen molar-refractivity contribution < 1.29 is 4.79 Å². The fraction of sp³-hybridized carbons (Fsp3) is 0.440. The summed E-state index contributed by atoms with van der Waals surface area (Å²) in [5.41, 5.74) is 2.88. The molecule has 2 aromatic carbocycles. The second-order valence-corrected chi connectivity index (χ2v) is 8.94. The predicted octanol–water partition coefficient (Wildman–Crippen LogP) is 4.96. The van der Waals surface area contributed by atoms with Gasteiger partial charge in [-0.15, -0.1) is 0 Å². The number of carbonyl (C=O) groups excluding carboxylic acids is 1. The Hall–Kier alpha value is -2.55. The first-order valence-corrected chi connectivity index (χ1v) is 11.6. The maximum absolute atomic E-state index is 12.7. The van der Waals surface area contributed by atoms with Crippen molar-refractivity contribution in [2.75, 3.05) is 26.2 Å². The third-order valence-electron chi connectivity index (χ3n) is 6.42. The van der Waals surface area contributed by atoms with Crippen LogP contribution < -0.4 is 5.32 Å². The van der Waals surface area contributed by atoms with Crippen LogP contribution in [0.3, 0.4) is 0 Å². The normalized spacial score (nSPS) is 18.9. The maximum atomic E-state index is 12.7. The fourth-order valence-corrected chi connectivity index (χ4v) is 4.86. The smallest absolute Gasteiger partial charge is 0.317 e. The van der Waals surface area contributed by atoms with Gasteiger partial charge >= 0.3 is 6.03 Å². The average molecular weight is 437 g/mol. The number of halogens is 1. The van der Waals surface area contributed by atoms with Crippen LogP contribution in [-0.2, 0) is 0 Å². The number of rotatable bonds is 4. The number of nitrogens with one attached hydrogen (secondary N) is 1. The van der Waals surface area contributed by atoms with Crippen molar-refractivity contribution in [2.45, 2.75) is 44.2 Å². The molecule has 1 aliphatic heterocycles. The lowest BCUT2D eigenvalue weighted by Crippen LogP contribution is -2.54. The number of benzene rings is 2. The topological polar surface area (TPSA) is 59.4 Å². The van der Waals surface area contributed by atoms with E-state index in [2.05, 4.69) is 22.4 Å². The Morgan fingerprint density at radius 1 is 1.00 bits per heavy atom. The molecule has 1 unspecified atom stereocenters. The van der Waals surface area contributed by atoms with E-state index in [0.29, 0.717) is 29.7 Å². The summed E-state index contributed by atoms with van der Waals surface area (Å²) < 4.78 is 0. The van der Waals surface area contributed by atoms with Crippen LogP contribution in [-0.4, -0.2) is 48.1 Å². The van der Waals surface area contributed by atoms with Gasteiger partial charge in [0.15, 0.2) is 0 Å². The van der Waals surface area contributed by atoms with Gasteiger partial charge in [-0.2, -0.15) is 5.26 Å². The SMILES string of the molecule is N#Cc1cccc(C(c2ccc(Cl)cc2)N2CCN(C(=O)NC3CCCCC3)CC2)c1. The molecule has 6 heteroatoms. The van der Waals surface area contributed by atoms with E-state index in [-0.39, 0.29) is 12.1 Å². The number of hydrogen-bond acceptors (Lipinski definition) is 3. The summed E-state index contributed by atoms with van der Waals surface area (Å²) in [5.74, 6) is 0. The molecule has 162 valence electrons. The Morgan fingerprint density at radius 2 is 1.71 bits per heavy atom.